The average Bonchev–Trinajstić information content (AvgIpc) is 2.67. The van der Waals surface area contributed by atoms with E-state index in [0.717, 1.165) is 18.1 Å². The molecule has 1 aromatic rings. The molecule has 0 aliphatic rings. The van der Waals surface area contributed by atoms with Crippen molar-refractivity contribution in [1.29, 1.82) is 0 Å². The third-order valence-electron chi connectivity index (χ3n) is 2.61. The standard InChI is InChI=1S/C12H22N4OS/c1-8(2)6-7-16(5)11(17)9-10(13)14-12(18-9)15(3)4/h8H,6-7,13H2,1-5H3. The number of carbonyl (C=O) groups is 1. The fourth-order valence-corrected chi connectivity index (χ4v) is 2.29. The quantitative estimate of drug-likeness (QED) is 0.887. The summed E-state index contributed by atoms with van der Waals surface area (Å²) < 4.78 is 0. The predicted molar refractivity (Wildman–Crippen MR) is 77.3 cm³/mol. The maximum Gasteiger partial charge on any atom is 0.267 e. The zero-order valence-electron chi connectivity index (χ0n) is 11.7. The van der Waals surface area contributed by atoms with Gasteiger partial charge in [0.2, 0.25) is 0 Å². The van der Waals surface area contributed by atoms with Crippen LogP contribution in [0.15, 0.2) is 0 Å². The smallest absolute Gasteiger partial charge is 0.267 e. The van der Waals surface area contributed by atoms with Gasteiger partial charge in [-0.3, -0.25) is 4.79 Å². The molecule has 0 bridgehead atoms. The first kappa shape index (κ1) is 14.8. The number of thiazole rings is 1. The summed E-state index contributed by atoms with van der Waals surface area (Å²) in [6, 6.07) is 0. The molecule has 0 spiro atoms. The number of anilines is 2. The van der Waals surface area contributed by atoms with Crippen molar-refractivity contribution < 1.29 is 4.79 Å². The molecule has 0 unspecified atom stereocenters. The van der Waals surface area contributed by atoms with E-state index in [1.54, 1.807) is 11.9 Å². The molecule has 5 nitrogen and oxygen atoms in total. The van der Waals surface area contributed by atoms with Gasteiger partial charge in [-0.25, -0.2) is 4.98 Å². The van der Waals surface area contributed by atoms with Gasteiger partial charge in [0.05, 0.1) is 0 Å². The van der Waals surface area contributed by atoms with E-state index in [1.807, 2.05) is 19.0 Å². The van der Waals surface area contributed by atoms with Gasteiger partial charge in [-0.1, -0.05) is 25.2 Å². The Hall–Kier alpha value is -1.30. The summed E-state index contributed by atoms with van der Waals surface area (Å²) in [5.41, 5.74) is 5.80. The molecular formula is C12H22N4OS. The number of nitrogens with zero attached hydrogens (tertiary/aromatic N) is 3. The average molecular weight is 270 g/mol. The van der Waals surface area contributed by atoms with E-state index in [2.05, 4.69) is 18.8 Å². The second kappa shape index (κ2) is 6.04. The molecule has 1 aromatic heterocycles. The minimum Gasteiger partial charge on any atom is -0.382 e. The lowest BCUT2D eigenvalue weighted by Gasteiger charge is -2.17. The van der Waals surface area contributed by atoms with Crippen LogP contribution in [0.1, 0.15) is 29.9 Å². The van der Waals surface area contributed by atoms with Crippen LogP contribution in [0.2, 0.25) is 0 Å². The largest absolute Gasteiger partial charge is 0.382 e. The monoisotopic (exact) mass is 270 g/mol. The van der Waals surface area contributed by atoms with Crippen molar-refractivity contribution in [3.05, 3.63) is 4.88 Å². The Morgan fingerprint density at radius 3 is 2.44 bits per heavy atom. The van der Waals surface area contributed by atoms with Crippen LogP contribution in [0.5, 0.6) is 0 Å². The van der Waals surface area contributed by atoms with Crippen LogP contribution in [-0.2, 0) is 0 Å². The van der Waals surface area contributed by atoms with Gasteiger partial charge in [0.1, 0.15) is 10.7 Å². The molecule has 0 radical (unpaired) electrons. The van der Waals surface area contributed by atoms with Crippen molar-refractivity contribution in [2.45, 2.75) is 20.3 Å². The molecule has 0 saturated heterocycles. The van der Waals surface area contributed by atoms with Crippen LogP contribution in [-0.4, -0.2) is 43.5 Å². The SMILES string of the molecule is CC(C)CCN(C)C(=O)c1sc(N(C)C)nc1N. The van der Waals surface area contributed by atoms with Crippen molar-refractivity contribution in [2.24, 2.45) is 5.92 Å². The number of nitrogens with two attached hydrogens (primary N) is 1. The zero-order valence-corrected chi connectivity index (χ0v) is 12.5. The molecule has 2 N–H and O–H groups in total. The van der Waals surface area contributed by atoms with Crippen LogP contribution in [0.3, 0.4) is 0 Å². The Kier molecular flexibility index (Phi) is 4.95. The maximum absolute atomic E-state index is 12.2. The van der Waals surface area contributed by atoms with E-state index in [1.165, 1.54) is 11.3 Å². The number of aromatic nitrogens is 1. The van der Waals surface area contributed by atoms with Gasteiger partial charge in [0, 0.05) is 27.7 Å². The topological polar surface area (TPSA) is 62.5 Å². The minimum absolute atomic E-state index is 0.0428. The highest BCUT2D eigenvalue weighted by molar-refractivity contribution is 7.18. The Balaban J connectivity index is 2.77. The summed E-state index contributed by atoms with van der Waals surface area (Å²) in [6.45, 7) is 5.03. The van der Waals surface area contributed by atoms with Crippen molar-refractivity contribution >= 4 is 28.2 Å². The summed E-state index contributed by atoms with van der Waals surface area (Å²) in [4.78, 5) is 20.5. The molecule has 1 rings (SSSR count). The van der Waals surface area contributed by atoms with E-state index >= 15 is 0 Å². The molecule has 1 amide bonds. The van der Waals surface area contributed by atoms with Crippen LogP contribution < -0.4 is 10.6 Å². The number of rotatable bonds is 5. The van der Waals surface area contributed by atoms with Crippen LogP contribution in [0, 0.1) is 5.92 Å². The van der Waals surface area contributed by atoms with E-state index in [-0.39, 0.29) is 5.91 Å². The summed E-state index contributed by atoms with van der Waals surface area (Å²) in [5.74, 6) is 0.861. The van der Waals surface area contributed by atoms with Gasteiger partial charge in [-0.2, -0.15) is 0 Å². The maximum atomic E-state index is 12.2. The van der Waals surface area contributed by atoms with Gasteiger partial charge in [0.25, 0.3) is 5.91 Å². The molecule has 102 valence electrons. The first-order valence-electron chi connectivity index (χ1n) is 6.02. The van der Waals surface area contributed by atoms with E-state index < -0.39 is 0 Å². The van der Waals surface area contributed by atoms with Crippen molar-refractivity contribution in [1.82, 2.24) is 9.88 Å². The molecule has 18 heavy (non-hydrogen) atoms. The van der Waals surface area contributed by atoms with Crippen LogP contribution >= 0.6 is 11.3 Å². The van der Waals surface area contributed by atoms with Crippen LogP contribution in [0.4, 0.5) is 10.9 Å². The Bertz CT molecular complexity index is 414. The summed E-state index contributed by atoms with van der Waals surface area (Å²) >= 11 is 1.34. The van der Waals surface area contributed by atoms with Gasteiger partial charge in [-0.15, -0.1) is 0 Å². The molecule has 0 aromatic carbocycles. The van der Waals surface area contributed by atoms with Crippen molar-refractivity contribution in [3.63, 3.8) is 0 Å². The molecule has 0 fully saturated rings. The molecule has 0 saturated carbocycles. The summed E-state index contributed by atoms with van der Waals surface area (Å²) in [6.07, 6.45) is 0.988. The lowest BCUT2D eigenvalue weighted by molar-refractivity contribution is 0.0794. The third kappa shape index (κ3) is 3.60. The van der Waals surface area contributed by atoms with Crippen LogP contribution in [0.25, 0.3) is 0 Å². The van der Waals surface area contributed by atoms with Gasteiger partial charge < -0.3 is 15.5 Å². The minimum atomic E-state index is -0.0428. The first-order valence-corrected chi connectivity index (χ1v) is 6.83. The van der Waals surface area contributed by atoms with E-state index in [9.17, 15) is 4.79 Å². The third-order valence-corrected chi connectivity index (χ3v) is 3.83. The second-order valence-corrected chi connectivity index (χ2v) is 5.99. The normalized spacial score (nSPS) is 10.8. The number of hydrogen-bond acceptors (Lipinski definition) is 5. The highest BCUT2D eigenvalue weighted by atomic mass is 32.1. The Labute approximate surface area is 113 Å². The second-order valence-electron chi connectivity index (χ2n) is 5.01. The lowest BCUT2D eigenvalue weighted by atomic mass is 10.1. The van der Waals surface area contributed by atoms with Gasteiger partial charge in [-0.05, 0) is 12.3 Å². The lowest BCUT2D eigenvalue weighted by Crippen LogP contribution is -2.28. The number of nitrogen functional groups attached to an aromatic ring is 1. The molecule has 0 atom stereocenters. The molecule has 1 heterocycles. The Morgan fingerprint density at radius 1 is 1.39 bits per heavy atom. The highest BCUT2D eigenvalue weighted by Gasteiger charge is 2.20. The van der Waals surface area contributed by atoms with Gasteiger partial charge >= 0.3 is 0 Å². The first-order chi connectivity index (χ1) is 8.32. The van der Waals surface area contributed by atoms with E-state index in [4.69, 9.17) is 5.73 Å². The number of amides is 1. The van der Waals surface area contributed by atoms with Crippen molar-refractivity contribution in [2.75, 3.05) is 38.3 Å². The van der Waals surface area contributed by atoms with Gasteiger partial charge in [0.15, 0.2) is 5.13 Å². The number of carbonyl (C=O) groups excluding carboxylic acids is 1. The summed E-state index contributed by atoms with van der Waals surface area (Å²) in [5, 5.41) is 0.758. The molecule has 6 heteroatoms. The Morgan fingerprint density at radius 2 is 2.00 bits per heavy atom. The molecule has 0 aliphatic heterocycles. The van der Waals surface area contributed by atoms with Crippen molar-refractivity contribution in [3.8, 4) is 0 Å². The zero-order chi connectivity index (χ0) is 13.9. The predicted octanol–water partition coefficient (Wildman–Crippen LogP) is 1.91. The summed E-state index contributed by atoms with van der Waals surface area (Å²) in [7, 11) is 5.57. The molecular weight excluding hydrogens is 248 g/mol. The molecule has 0 aliphatic carbocycles. The fourth-order valence-electron chi connectivity index (χ4n) is 1.39. The fraction of sp³-hybridized carbons (Fsp3) is 0.667. The number of hydrogen-bond donors (Lipinski definition) is 1. The highest BCUT2D eigenvalue weighted by Crippen LogP contribution is 2.27. The van der Waals surface area contributed by atoms with E-state index in [0.29, 0.717) is 16.6 Å².